The molecule has 3 N–H and O–H groups in total. The van der Waals surface area contributed by atoms with E-state index in [0.717, 1.165) is 38.9 Å². The molecule has 2 heterocycles. The lowest BCUT2D eigenvalue weighted by molar-refractivity contribution is -0.0111. The van der Waals surface area contributed by atoms with Gasteiger partial charge in [0.2, 0.25) is 0 Å². The Balaban J connectivity index is 1.64. The van der Waals surface area contributed by atoms with Crippen LogP contribution in [0.5, 0.6) is 0 Å². The van der Waals surface area contributed by atoms with Crippen molar-refractivity contribution in [1.82, 2.24) is 10.2 Å². The average Bonchev–Trinajstić information content (AvgIpc) is 2.80. The standard InChI is InChI=1S/C16H23N3O2/c17-7-5-13-3-1-4-14(9-13)10-19-8-2-6-16(12-19)11-18-15(20)21-16/h1,3-4,9H,2,5-8,10-12,17H2,(H,18,20)/t16-/m0/s1. The van der Waals surface area contributed by atoms with Gasteiger partial charge in [-0.2, -0.15) is 0 Å². The van der Waals surface area contributed by atoms with Crippen LogP contribution in [0.2, 0.25) is 0 Å². The third-order valence-electron chi connectivity index (χ3n) is 4.31. The fourth-order valence-corrected chi connectivity index (χ4v) is 3.36. The zero-order valence-electron chi connectivity index (χ0n) is 12.3. The summed E-state index contributed by atoms with van der Waals surface area (Å²) in [5.41, 5.74) is 7.89. The maximum Gasteiger partial charge on any atom is 0.407 e. The lowest BCUT2D eigenvalue weighted by Gasteiger charge is -2.38. The van der Waals surface area contributed by atoms with Crippen molar-refractivity contribution in [2.75, 3.05) is 26.2 Å². The highest BCUT2D eigenvalue weighted by Crippen LogP contribution is 2.28. The van der Waals surface area contributed by atoms with Crippen molar-refractivity contribution in [2.24, 2.45) is 5.73 Å². The number of rotatable bonds is 4. The second-order valence-corrected chi connectivity index (χ2v) is 6.10. The van der Waals surface area contributed by atoms with E-state index in [4.69, 9.17) is 10.5 Å². The van der Waals surface area contributed by atoms with Gasteiger partial charge in [-0.25, -0.2) is 4.79 Å². The number of nitrogens with zero attached hydrogens (tertiary/aromatic N) is 1. The molecule has 1 spiro atoms. The van der Waals surface area contributed by atoms with Gasteiger partial charge in [-0.05, 0) is 43.5 Å². The van der Waals surface area contributed by atoms with Crippen molar-refractivity contribution in [2.45, 2.75) is 31.4 Å². The van der Waals surface area contributed by atoms with Crippen LogP contribution in [0.3, 0.4) is 0 Å². The Morgan fingerprint density at radius 1 is 1.38 bits per heavy atom. The van der Waals surface area contributed by atoms with E-state index in [1.807, 2.05) is 0 Å². The van der Waals surface area contributed by atoms with Crippen molar-refractivity contribution in [3.8, 4) is 0 Å². The Kier molecular flexibility index (Phi) is 4.12. The van der Waals surface area contributed by atoms with Crippen LogP contribution in [0.15, 0.2) is 24.3 Å². The van der Waals surface area contributed by atoms with E-state index in [-0.39, 0.29) is 11.7 Å². The summed E-state index contributed by atoms with van der Waals surface area (Å²) in [7, 11) is 0. The smallest absolute Gasteiger partial charge is 0.407 e. The van der Waals surface area contributed by atoms with Gasteiger partial charge in [0.05, 0.1) is 6.54 Å². The zero-order valence-corrected chi connectivity index (χ0v) is 12.3. The number of benzene rings is 1. The van der Waals surface area contributed by atoms with Crippen LogP contribution >= 0.6 is 0 Å². The van der Waals surface area contributed by atoms with Gasteiger partial charge in [-0.3, -0.25) is 4.90 Å². The zero-order chi connectivity index (χ0) is 14.7. The number of hydrogen-bond donors (Lipinski definition) is 2. The fourth-order valence-electron chi connectivity index (χ4n) is 3.36. The van der Waals surface area contributed by atoms with Crippen molar-refractivity contribution in [1.29, 1.82) is 0 Å². The summed E-state index contributed by atoms with van der Waals surface area (Å²) in [6.45, 7) is 4.08. The number of piperidine rings is 1. The average molecular weight is 289 g/mol. The van der Waals surface area contributed by atoms with E-state index in [1.165, 1.54) is 11.1 Å². The second-order valence-electron chi connectivity index (χ2n) is 6.10. The Hall–Kier alpha value is -1.59. The molecule has 21 heavy (non-hydrogen) atoms. The van der Waals surface area contributed by atoms with Gasteiger partial charge < -0.3 is 15.8 Å². The Bertz CT molecular complexity index is 520. The Labute approximate surface area is 125 Å². The normalized spacial score (nSPS) is 25.9. The van der Waals surface area contributed by atoms with E-state index < -0.39 is 0 Å². The molecule has 3 rings (SSSR count). The molecule has 1 aromatic carbocycles. The summed E-state index contributed by atoms with van der Waals surface area (Å²) in [6, 6.07) is 8.60. The van der Waals surface area contributed by atoms with Gasteiger partial charge in [0.15, 0.2) is 0 Å². The van der Waals surface area contributed by atoms with Gasteiger partial charge in [0.1, 0.15) is 5.60 Å². The number of nitrogens with one attached hydrogen (secondary N) is 1. The number of amides is 1. The lowest BCUT2D eigenvalue weighted by Crippen LogP contribution is -2.50. The molecular formula is C16H23N3O2. The molecule has 0 bridgehead atoms. The molecule has 5 heteroatoms. The topological polar surface area (TPSA) is 67.6 Å². The van der Waals surface area contributed by atoms with E-state index in [0.29, 0.717) is 13.1 Å². The van der Waals surface area contributed by atoms with Crippen LogP contribution in [-0.4, -0.2) is 42.8 Å². The SMILES string of the molecule is NCCc1cccc(CN2CCC[C@]3(CNC(=O)O3)C2)c1. The van der Waals surface area contributed by atoms with Gasteiger partial charge in [-0.15, -0.1) is 0 Å². The number of nitrogens with two attached hydrogens (primary N) is 1. The van der Waals surface area contributed by atoms with Crippen molar-refractivity contribution < 1.29 is 9.53 Å². The minimum atomic E-state index is -0.315. The monoisotopic (exact) mass is 289 g/mol. The summed E-state index contributed by atoms with van der Waals surface area (Å²) in [6.07, 6.45) is 2.66. The molecule has 0 aliphatic carbocycles. The molecule has 5 nitrogen and oxygen atoms in total. The predicted octanol–water partition coefficient (Wildman–Crippen LogP) is 1.26. The quantitative estimate of drug-likeness (QED) is 0.876. The molecular weight excluding hydrogens is 266 g/mol. The predicted molar refractivity (Wildman–Crippen MR) is 80.9 cm³/mol. The largest absolute Gasteiger partial charge is 0.440 e. The summed E-state index contributed by atoms with van der Waals surface area (Å²) in [5.74, 6) is 0. The first kappa shape index (κ1) is 14.4. The highest BCUT2D eigenvalue weighted by Gasteiger charge is 2.43. The molecule has 1 amide bonds. The molecule has 0 saturated carbocycles. The molecule has 114 valence electrons. The van der Waals surface area contributed by atoms with Crippen molar-refractivity contribution in [3.05, 3.63) is 35.4 Å². The number of carbonyl (C=O) groups is 1. The molecule has 0 aromatic heterocycles. The summed E-state index contributed by atoms with van der Waals surface area (Å²) in [4.78, 5) is 13.7. The highest BCUT2D eigenvalue weighted by molar-refractivity contribution is 5.70. The maximum atomic E-state index is 11.3. The van der Waals surface area contributed by atoms with E-state index in [9.17, 15) is 4.79 Å². The summed E-state index contributed by atoms with van der Waals surface area (Å²) < 4.78 is 5.51. The minimum absolute atomic E-state index is 0.276. The van der Waals surface area contributed by atoms with E-state index in [2.05, 4.69) is 34.5 Å². The number of hydrogen-bond acceptors (Lipinski definition) is 4. The van der Waals surface area contributed by atoms with Gasteiger partial charge >= 0.3 is 6.09 Å². The van der Waals surface area contributed by atoms with Crippen LogP contribution in [-0.2, 0) is 17.7 Å². The molecule has 2 fully saturated rings. The number of alkyl carbamates (subject to hydrolysis) is 1. The van der Waals surface area contributed by atoms with Crippen LogP contribution in [0.1, 0.15) is 24.0 Å². The van der Waals surface area contributed by atoms with Crippen LogP contribution in [0, 0.1) is 0 Å². The second kappa shape index (κ2) is 6.03. The van der Waals surface area contributed by atoms with Gasteiger partial charge in [-0.1, -0.05) is 24.3 Å². The molecule has 2 saturated heterocycles. The first-order valence-electron chi connectivity index (χ1n) is 7.66. The van der Waals surface area contributed by atoms with Crippen LogP contribution < -0.4 is 11.1 Å². The molecule has 1 atom stereocenters. The van der Waals surface area contributed by atoms with Crippen molar-refractivity contribution >= 4 is 6.09 Å². The van der Waals surface area contributed by atoms with Gasteiger partial charge in [0, 0.05) is 13.1 Å². The number of likely N-dealkylation sites (tertiary alicyclic amines) is 1. The first-order chi connectivity index (χ1) is 10.2. The maximum absolute atomic E-state index is 11.3. The Morgan fingerprint density at radius 2 is 2.24 bits per heavy atom. The lowest BCUT2D eigenvalue weighted by atomic mass is 9.92. The molecule has 2 aliphatic heterocycles. The third-order valence-corrected chi connectivity index (χ3v) is 4.31. The number of carbonyl (C=O) groups excluding carboxylic acids is 1. The van der Waals surface area contributed by atoms with E-state index >= 15 is 0 Å². The van der Waals surface area contributed by atoms with Crippen molar-refractivity contribution in [3.63, 3.8) is 0 Å². The third kappa shape index (κ3) is 3.36. The molecule has 1 aromatic rings. The van der Waals surface area contributed by atoms with E-state index in [1.54, 1.807) is 0 Å². The molecule has 2 aliphatic rings. The molecule has 0 unspecified atom stereocenters. The Morgan fingerprint density at radius 3 is 3.00 bits per heavy atom. The minimum Gasteiger partial charge on any atom is -0.440 e. The summed E-state index contributed by atoms with van der Waals surface area (Å²) in [5, 5.41) is 2.79. The first-order valence-corrected chi connectivity index (χ1v) is 7.66. The van der Waals surface area contributed by atoms with Gasteiger partial charge in [0.25, 0.3) is 0 Å². The van der Waals surface area contributed by atoms with Crippen LogP contribution in [0.4, 0.5) is 4.79 Å². The highest BCUT2D eigenvalue weighted by atomic mass is 16.6. The summed E-state index contributed by atoms with van der Waals surface area (Å²) >= 11 is 0. The fraction of sp³-hybridized carbons (Fsp3) is 0.562. The number of ether oxygens (including phenoxy) is 1. The molecule has 0 radical (unpaired) electrons. The van der Waals surface area contributed by atoms with Crippen LogP contribution in [0.25, 0.3) is 0 Å².